The average Bonchev–Trinajstić information content (AvgIpc) is 3.54. The second kappa shape index (κ2) is 10.1. The molecule has 0 bridgehead atoms. The van der Waals surface area contributed by atoms with Crippen molar-refractivity contribution >= 4 is 5.91 Å². The number of benzene rings is 2. The number of aromatic nitrogens is 4. The van der Waals surface area contributed by atoms with Crippen LogP contribution >= 0.6 is 0 Å². The van der Waals surface area contributed by atoms with Gasteiger partial charge in [0.15, 0.2) is 0 Å². The molecule has 8 nitrogen and oxygen atoms in total. The Labute approximate surface area is 205 Å². The standard InChI is InChI=1S/C27H30N6O2/c1-30-24(20-23(29-30)22-10-6-7-11-25(22)35-2)27(34)33-18-15-31(16-19-33)14-17-32-13-12-28-26(32)21-8-4-3-5-9-21/h3-13,20H,14-19H2,1-2H3. The highest BCUT2D eigenvalue weighted by Gasteiger charge is 2.25. The molecule has 1 fully saturated rings. The highest BCUT2D eigenvalue weighted by atomic mass is 16.5. The van der Waals surface area contributed by atoms with Crippen LogP contribution in [0.2, 0.25) is 0 Å². The van der Waals surface area contributed by atoms with Gasteiger partial charge in [0.2, 0.25) is 0 Å². The Morgan fingerprint density at radius 2 is 1.71 bits per heavy atom. The van der Waals surface area contributed by atoms with Crippen LogP contribution in [-0.2, 0) is 13.6 Å². The van der Waals surface area contributed by atoms with Gasteiger partial charge in [-0.1, -0.05) is 42.5 Å². The molecule has 5 rings (SSSR count). The second-order valence-electron chi connectivity index (χ2n) is 8.68. The van der Waals surface area contributed by atoms with Gasteiger partial charge in [-0.3, -0.25) is 14.4 Å². The van der Waals surface area contributed by atoms with Crippen LogP contribution in [0.4, 0.5) is 0 Å². The maximum absolute atomic E-state index is 13.3. The summed E-state index contributed by atoms with van der Waals surface area (Å²) in [5.41, 5.74) is 3.33. The van der Waals surface area contributed by atoms with E-state index in [4.69, 9.17) is 4.74 Å². The minimum Gasteiger partial charge on any atom is -0.496 e. The van der Waals surface area contributed by atoms with Crippen molar-refractivity contribution in [2.24, 2.45) is 7.05 Å². The molecule has 0 spiro atoms. The Kier molecular flexibility index (Phi) is 6.63. The van der Waals surface area contributed by atoms with Crippen molar-refractivity contribution in [1.29, 1.82) is 0 Å². The number of para-hydroxylation sites is 1. The van der Waals surface area contributed by atoms with Crippen molar-refractivity contribution in [1.82, 2.24) is 29.1 Å². The summed E-state index contributed by atoms with van der Waals surface area (Å²) in [5, 5.41) is 4.58. The van der Waals surface area contributed by atoms with E-state index in [9.17, 15) is 4.79 Å². The highest BCUT2D eigenvalue weighted by molar-refractivity contribution is 5.94. The average molecular weight is 471 g/mol. The number of amides is 1. The molecule has 0 N–H and O–H groups in total. The lowest BCUT2D eigenvalue weighted by atomic mass is 10.1. The largest absolute Gasteiger partial charge is 0.496 e. The molecule has 35 heavy (non-hydrogen) atoms. The summed E-state index contributed by atoms with van der Waals surface area (Å²) in [6, 6.07) is 19.8. The quantitative estimate of drug-likeness (QED) is 0.414. The predicted octanol–water partition coefficient (Wildman–Crippen LogP) is 3.42. The summed E-state index contributed by atoms with van der Waals surface area (Å²) in [6.45, 7) is 4.87. The summed E-state index contributed by atoms with van der Waals surface area (Å²) in [7, 11) is 3.46. The first-order chi connectivity index (χ1) is 17.1. The summed E-state index contributed by atoms with van der Waals surface area (Å²) >= 11 is 0. The van der Waals surface area contributed by atoms with Gasteiger partial charge in [0.1, 0.15) is 17.3 Å². The molecule has 180 valence electrons. The van der Waals surface area contributed by atoms with Crippen molar-refractivity contribution < 1.29 is 9.53 Å². The van der Waals surface area contributed by atoms with Crippen molar-refractivity contribution in [2.45, 2.75) is 6.54 Å². The van der Waals surface area contributed by atoms with Gasteiger partial charge >= 0.3 is 0 Å². The number of methoxy groups -OCH3 is 1. The molecule has 1 aliphatic heterocycles. The van der Waals surface area contributed by atoms with E-state index in [1.54, 1.807) is 11.8 Å². The van der Waals surface area contributed by atoms with E-state index in [0.717, 1.165) is 54.6 Å². The molecule has 3 heterocycles. The first-order valence-electron chi connectivity index (χ1n) is 11.9. The van der Waals surface area contributed by atoms with Crippen LogP contribution in [-0.4, -0.2) is 74.9 Å². The fourth-order valence-corrected chi connectivity index (χ4v) is 4.58. The molecule has 0 aliphatic carbocycles. The number of aryl methyl sites for hydroxylation is 1. The van der Waals surface area contributed by atoms with Gasteiger partial charge in [-0.2, -0.15) is 5.10 Å². The molecule has 1 saturated heterocycles. The first-order valence-corrected chi connectivity index (χ1v) is 11.9. The third kappa shape index (κ3) is 4.83. The molecule has 0 atom stereocenters. The normalized spacial score (nSPS) is 14.3. The zero-order chi connectivity index (χ0) is 24.2. The summed E-state index contributed by atoms with van der Waals surface area (Å²) in [5.74, 6) is 1.75. The van der Waals surface area contributed by atoms with Crippen LogP contribution in [0.1, 0.15) is 10.5 Å². The van der Waals surface area contributed by atoms with Gasteiger partial charge in [-0.25, -0.2) is 4.98 Å². The van der Waals surface area contributed by atoms with Gasteiger partial charge < -0.3 is 14.2 Å². The molecular weight excluding hydrogens is 440 g/mol. The van der Waals surface area contributed by atoms with E-state index in [0.29, 0.717) is 18.8 Å². The Hall–Kier alpha value is -3.91. The number of hydrogen-bond donors (Lipinski definition) is 0. The van der Waals surface area contributed by atoms with Crippen molar-refractivity contribution in [2.75, 3.05) is 39.8 Å². The minimum absolute atomic E-state index is 0.0155. The molecule has 2 aromatic carbocycles. The number of rotatable bonds is 7. The van der Waals surface area contributed by atoms with Crippen LogP contribution in [0.3, 0.4) is 0 Å². The minimum atomic E-state index is 0.0155. The van der Waals surface area contributed by atoms with Crippen LogP contribution in [0, 0.1) is 0 Å². The van der Waals surface area contributed by atoms with Crippen LogP contribution in [0.15, 0.2) is 73.1 Å². The Morgan fingerprint density at radius 1 is 0.971 bits per heavy atom. The molecule has 4 aromatic rings. The predicted molar refractivity (Wildman–Crippen MR) is 135 cm³/mol. The highest BCUT2D eigenvalue weighted by Crippen LogP contribution is 2.29. The van der Waals surface area contributed by atoms with E-state index in [-0.39, 0.29) is 5.91 Å². The van der Waals surface area contributed by atoms with Crippen molar-refractivity contribution in [3.8, 4) is 28.4 Å². The van der Waals surface area contributed by atoms with E-state index >= 15 is 0 Å². The summed E-state index contributed by atoms with van der Waals surface area (Å²) in [4.78, 5) is 22.1. The zero-order valence-corrected chi connectivity index (χ0v) is 20.2. The maximum atomic E-state index is 13.3. The molecule has 1 aliphatic rings. The number of imidazole rings is 1. The second-order valence-corrected chi connectivity index (χ2v) is 8.68. The lowest BCUT2D eigenvalue weighted by Crippen LogP contribution is -2.49. The Morgan fingerprint density at radius 3 is 2.49 bits per heavy atom. The third-order valence-electron chi connectivity index (χ3n) is 6.55. The van der Waals surface area contributed by atoms with Gasteiger partial charge in [0.25, 0.3) is 5.91 Å². The fraction of sp³-hybridized carbons (Fsp3) is 0.296. The molecule has 0 saturated carbocycles. The van der Waals surface area contributed by atoms with Gasteiger partial charge in [-0.05, 0) is 18.2 Å². The molecule has 0 radical (unpaired) electrons. The van der Waals surface area contributed by atoms with Gasteiger partial charge in [0.05, 0.1) is 12.8 Å². The molecule has 8 heteroatoms. The maximum Gasteiger partial charge on any atom is 0.272 e. The smallest absolute Gasteiger partial charge is 0.272 e. The molecule has 0 unspecified atom stereocenters. The van der Waals surface area contributed by atoms with Crippen LogP contribution in [0.25, 0.3) is 22.6 Å². The van der Waals surface area contributed by atoms with Crippen LogP contribution in [0.5, 0.6) is 5.75 Å². The number of piperazine rings is 1. The van der Waals surface area contributed by atoms with E-state index < -0.39 is 0 Å². The van der Waals surface area contributed by atoms with E-state index in [2.05, 4.69) is 31.7 Å². The number of ether oxygens (including phenoxy) is 1. The Balaban J connectivity index is 1.19. The van der Waals surface area contributed by atoms with E-state index in [1.165, 1.54) is 0 Å². The lowest BCUT2D eigenvalue weighted by molar-refractivity contribution is 0.0622. The SMILES string of the molecule is COc1ccccc1-c1cc(C(=O)N2CCN(CCn3ccnc3-c3ccccc3)CC2)n(C)n1. The molecular formula is C27H30N6O2. The first kappa shape index (κ1) is 22.9. The van der Waals surface area contributed by atoms with Gasteiger partial charge in [-0.15, -0.1) is 0 Å². The van der Waals surface area contributed by atoms with E-state index in [1.807, 2.05) is 72.9 Å². The topological polar surface area (TPSA) is 68.4 Å². The van der Waals surface area contributed by atoms with Crippen molar-refractivity contribution in [3.05, 3.63) is 78.8 Å². The number of hydrogen-bond acceptors (Lipinski definition) is 5. The number of carbonyl (C=O) groups is 1. The fourth-order valence-electron chi connectivity index (χ4n) is 4.58. The zero-order valence-electron chi connectivity index (χ0n) is 20.2. The monoisotopic (exact) mass is 470 g/mol. The Bertz CT molecular complexity index is 1290. The number of nitrogens with zero attached hydrogens (tertiary/aromatic N) is 6. The molecule has 1 amide bonds. The summed E-state index contributed by atoms with van der Waals surface area (Å²) in [6.07, 6.45) is 3.88. The van der Waals surface area contributed by atoms with Crippen molar-refractivity contribution in [3.63, 3.8) is 0 Å². The van der Waals surface area contributed by atoms with Crippen LogP contribution < -0.4 is 4.74 Å². The summed E-state index contributed by atoms with van der Waals surface area (Å²) < 4.78 is 9.33. The lowest BCUT2D eigenvalue weighted by Gasteiger charge is -2.34. The number of carbonyl (C=O) groups excluding carboxylic acids is 1. The third-order valence-corrected chi connectivity index (χ3v) is 6.55. The van der Waals surface area contributed by atoms with Gasteiger partial charge in [0, 0.05) is 69.8 Å². The molecule has 2 aromatic heterocycles.